The number of halogens is 1. The fourth-order valence-corrected chi connectivity index (χ4v) is 5.79. The lowest BCUT2D eigenvalue weighted by Gasteiger charge is -2.43. The maximum atomic E-state index is 12.8. The van der Waals surface area contributed by atoms with Gasteiger partial charge in [-0.15, -0.1) is 0 Å². The van der Waals surface area contributed by atoms with Crippen LogP contribution in [0.25, 0.3) is 0 Å². The van der Waals surface area contributed by atoms with Gasteiger partial charge in [0.15, 0.2) is 9.84 Å². The van der Waals surface area contributed by atoms with Gasteiger partial charge in [-0.25, -0.2) is 13.4 Å². The van der Waals surface area contributed by atoms with Crippen molar-refractivity contribution in [1.82, 2.24) is 14.8 Å². The lowest BCUT2D eigenvalue weighted by atomic mass is 10.0. The summed E-state index contributed by atoms with van der Waals surface area (Å²) in [5.74, 6) is -0.436. The van der Waals surface area contributed by atoms with Gasteiger partial charge < -0.3 is 9.80 Å². The second-order valence-electron chi connectivity index (χ2n) is 6.88. The molecule has 134 valence electrons. The number of carbonyl (C=O) groups is 2. The number of carbonyl (C=O) groups excluding carboxylic acids is 2. The first-order valence-electron chi connectivity index (χ1n) is 8.29. The monoisotopic (exact) mass is 383 g/mol. The van der Waals surface area contributed by atoms with Gasteiger partial charge in [-0.1, -0.05) is 11.6 Å². The van der Waals surface area contributed by atoms with Crippen molar-refractivity contribution in [2.75, 3.05) is 24.6 Å². The van der Waals surface area contributed by atoms with E-state index in [9.17, 15) is 18.0 Å². The average molecular weight is 384 g/mol. The fourth-order valence-electron chi connectivity index (χ4n) is 3.69. The van der Waals surface area contributed by atoms with E-state index in [1.807, 2.05) is 0 Å². The maximum absolute atomic E-state index is 12.8. The van der Waals surface area contributed by atoms with Gasteiger partial charge in [-0.2, -0.15) is 0 Å². The van der Waals surface area contributed by atoms with E-state index in [1.165, 1.54) is 12.3 Å². The van der Waals surface area contributed by atoms with Crippen LogP contribution in [-0.2, 0) is 14.6 Å². The third kappa shape index (κ3) is 3.13. The highest BCUT2D eigenvalue weighted by atomic mass is 35.5. The van der Waals surface area contributed by atoms with E-state index in [1.54, 1.807) is 15.9 Å². The number of fused-ring (bicyclic) bond motifs is 1. The number of aromatic nitrogens is 1. The van der Waals surface area contributed by atoms with Gasteiger partial charge in [0.25, 0.3) is 5.91 Å². The first kappa shape index (κ1) is 16.8. The van der Waals surface area contributed by atoms with E-state index in [4.69, 9.17) is 11.6 Å². The molecule has 2 saturated heterocycles. The Kier molecular flexibility index (Phi) is 3.99. The smallest absolute Gasteiger partial charge is 0.272 e. The SMILES string of the molecule is O=C(c1ccc(Cl)cn1)N1CCN(C(=O)C2CC2)[C@H]2CS(=O)(=O)C[C@H]21. The molecule has 4 rings (SSSR count). The molecule has 2 atom stereocenters. The molecule has 2 aliphatic heterocycles. The normalized spacial score (nSPS) is 27.9. The van der Waals surface area contributed by atoms with Crippen molar-refractivity contribution >= 4 is 33.3 Å². The molecular formula is C16H18ClN3O4S. The summed E-state index contributed by atoms with van der Waals surface area (Å²) in [5, 5.41) is 0.428. The van der Waals surface area contributed by atoms with Crippen LogP contribution in [0.5, 0.6) is 0 Å². The molecule has 9 heteroatoms. The highest BCUT2D eigenvalue weighted by molar-refractivity contribution is 7.91. The summed E-state index contributed by atoms with van der Waals surface area (Å²) in [4.78, 5) is 32.6. The van der Waals surface area contributed by atoms with E-state index >= 15 is 0 Å². The van der Waals surface area contributed by atoms with Crippen LogP contribution in [0.15, 0.2) is 18.3 Å². The van der Waals surface area contributed by atoms with Gasteiger partial charge in [-0.3, -0.25) is 9.59 Å². The average Bonchev–Trinajstić information content (AvgIpc) is 3.35. The fraction of sp³-hybridized carbons (Fsp3) is 0.562. The zero-order valence-electron chi connectivity index (χ0n) is 13.5. The number of hydrogen-bond donors (Lipinski definition) is 0. The number of hydrogen-bond acceptors (Lipinski definition) is 5. The summed E-state index contributed by atoms with van der Waals surface area (Å²) in [6, 6.07) is 2.15. The van der Waals surface area contributed by atoms with Crippen molar-refractivity contribution < 1.29 is 18.0 Å². The first-order valence-corrected chi connectivity index (χ1v) is 10.5. The minimum atomic E-state index is -3.29. The van der Waals surface area contributed by atoms with Crippen LogP contribution in [0, 0.1) is 5.92 Å². The molecule has 0 N–H and O–H groups in total. The number of piperazine rings is 1. The molecule has 7 nitrogen and oxygen atoms in total. The van der Waals surface area contributed by atoms with E-state index in [-0.39, 0.29) is 34.9 Å². The maximum Gasteiger partial charge on any atom is 0.272 e. The Bertz CT molecular complexity index is 822. The quantitative estimate of drug-likeness (QED) is 0.746. The van der Waals surface area contributed by atoms with Crippen LogP contribution in [0.1, 0.15) is 23.3 Å². The van der Waals surface area contributed by atoms with Crippen LogP contribution in [-0.4, -0.2) is 71.7 Å². The largest absolute Gasteiger partial charge is 0.335 e. The van der Waals surface area contributed by atoms with Crippen molar-refractivity contribution in [3.05, 3.63) is 29.0 Å². The van der Waals surface area contributed by atoms with Crippen LogP contribution in [0.4, 0.5) is 0 Å². The van der Waals surface area contributed by atoms with Crippen LogP contribution >= 0.6 is 11.6 Å². The highest BCUT2D eigenvalue weighted by Crippen LogP contribution is 2.35. The summed E-state index contributed by atoms with van der Waals surface area (Å²) >= 11 is 5.81. The summed E-state index contributed by atoms with van der Waals surface area (Å²) < 4.78 is 24.4. The van der Waals surface area contributed by atoms with Gasteiger partial charge in [0.1, 0.15) is 5.69 Å². The zero-order valence-corrected chi connectivity index (χ0v) is 15.0. The Morgan fingerprint density at radius 3 is 2.32 bits per heavy atom. The molecule has 2 amide bonds. The summed E-state index contributed by atoms with van der Waals surface area (Å²) in [5.41, 5.74) is 0.231. The summed E-state index contributed by atoms with van der Waals surface area (Å²) in [6.07, 6.45) is 3.14. The second-order valence-corrected chi connectivity index (χ2v) is 9.47. The van der Waals surface area contributed by atoms with Gasteiger partial charge in [0.2, 0.25) is 5.91 Å². The predicted octanol–water partition coefficient (Wildman–Crippen LogP) is 0.595. The van der Waals surface area contributed by atoms with E-state index in [2.05, 4.69) is 4.98 Å². The Morgan fingerprint density at radius 2 is 1.72 bits per heavy atom. The van der Waals surface area contributed by atoms with Crippen molar-refractivity contribution in [3.63, 3.8) is 0 Å². The molecule has 0 spiro atoms. The van der Waals surface area contributed by atoms with Crippen LogP contribution in [0.2, 0.25) is 5.02 Å². The summed E-state index contributed by atoms with van der Waals surface area (Å²) in [6.45, 7) is 0.684. The number of rotatable bonds is 2. The van der Waals surface area contributed by atoms with E-state index in [0.29, 0.717) is 18.1 Å². The molecule has 1 saturated carbocycles. The molecule has 3 fully saturated rings. The zero-order chi connectivity index (χ0) is 17.8. The Balaban J connectivity index is 1.61. The number of nitrogens with zero attached hydrogens (tertiary/aromatic N) is 3. The number of amides is 2. The number of sulfone groups is 1. The third-order valence-corrected chi connectivity index (χ3v) is 7.02. The molecule has 0 aromatic carbocycles. The Hall–Kier alpha value is -1.67. The summed E-state index contributed by atoms with van der Waals surface area (Å²) in [7, 11) is -3.29. The molecule has 25 heavy (non-hydrogen) atoms. The standard InChI is InChI=1S/C16H18ClN3O4S/c17-11-3-4-12(18-7-11)16(22)20-6-5-19(15(21)10-1-2-10)13-8-25(23,24)9-14(13)20/h3-4,7,10,13-14H,1-2,5-6,8-9H2/t13-,14+/m0/s1. The van der Waals surface area contributed by atoms with Crippen LogP contribution < -0.4 is 0 Å². The van der Waals surface area contributed by atoms with Crippen LogP contribution in [0.3, 0.4) is 0 Å². The highest BCUT2D eigenvalue weighted by Gasteiger charge is 2.51. The van der Waals surface area contributed by atoms with Gasteiger partial charge in [0.05, 0.1) is 28.6 Å². The molecule has 1 aromatic rings. The minimum Gasteiger partial charge on any atom is -0.335 e. The number of pyridine rings is 1. The molecule has 0 radical (unpaired) electrons. The molecule has 1 aromatic heterocycles. The van der Waals surface area contributed by atoms with Gasteiger partial charge in [-0.05, 0) is 25.0 Å². The lowest BCUT2D eigenvalue weighted by Crippen LogP contribution is -2.62. The lowest BCUT2D eigenvalue weighted by molar-refractivity contribution is -0.137. The van der Waals surface area contributed by atoms with E-state index < -0.39 is 21.9 Å². The van der Waals surface area contributed by atoms with Crippen molar-refractivity contribution in [2.45, 2.75) is 24.9 Å². The van der Waals surface area contributed by atoms with Crippen molar-refractivity contribution in [3.8, 4) is 0 Å². The third-order valence-electron chi connectivity index (χ3n) is 5.09. The molecule has 3 aliphatic rings. The topological polar surface area (TPSA) is 87.7 Å². The van der Waals surface area contributed by atoms with Crippen molar-refractivity contribution in [2.24, 2.45) is 5.92 Å². The Morgan fingerprint density at radius 1 is 1.08 bits per heavy atom. The predicted molar refractivity (Wildman–Crippen MR) is 91.0 cm³/mol. The minimum absolute atomic E-state index is 0.0313. The molecule has 0 unspecified atom stereocenters. The van der Waals surface area contributed by atoms with Gasteiger partial charge in [0, 0.05) is 25.2 Å². The first-order chi connectivity index (χ1) is 11.9. The molecule has 3 heterocycles. The van der Waals surface area contributed by atoms with Crippen molar-refractivity contribution in [1.29, 1.82) is 0 Å². The van der Waals surface area contributed by atoms with Gasteiger partial charge >= 0.3 is 0 Å². The van der Waals surface area contributed by atoms with E-state index in [0.717, 1.165) is 12.8 Å². The molecule has 0 bridgehead atoms. The second kappa shape index (κ2) is 5.95. The Labute approximate surface area is 150 Å². The molecular weight excluding hydrogens is 366 g/mol. The molecule has 1 aliphatic carbocycles.